The Balaban J connectivity index is 1.65. The van der Waals surface area contributed by atoms with Crippen LogP contribution in [0.5, 0.6) is 0 Å². The number of nitrogens with zero attached hydrogens (tertiary/aromatic N) is 1. The second kappa shape index (κ2) is 7.34. The van der Waals surface area contributed by atoms with Crippen molar-refractivity contribution in [1.82, 2.24) is 4.90 Å². The topological polar surface area (TPSA) is 43.7 Å². The molecule has 0 spiro atoms. The lowest BCUT2D eigenvalue weighted by atomic mass is 9.79. The van der Waals surface area contributed by atoms with Gasteiger partial charge in [-0.05, 0) is 79.9 Å². The van der Waals surface area contributed by atoms with E-state index in [1.165, 1.54) is 23.3 Å². The third kappa shape index (κ3) is 3.42. The Morgan fingerprint density at radius 2 is 1.81 bits per heavy atom. The van der Waals surface area contributed by atoms with E-state index in [1.807, 2.05) is 0 Å². The molecule has 27 heavy (non-hydrogen) atoms. The summed E-state index contributed by atoms with van der Waals surface area (Å²) in [6, 6.07) is 12.6. The largest absolute Gasteiger partial charge is 0.395 e. The predicted molar refractivity (Wildman–Crippen MR) is 104 cm³/mol. The Morgan fingerprint density at radius 3 is 2.48 bits per heavy atom. The van der Waals surface area contributed by atoms with Crippen LogP contribution in [0.3, 0.4) is 0 Å². The molecule has 1 heterocycles. The van der Waals surface area contributed by atoms with Crippen molar-refractivity contribution in [3.05, 3.63) is 70.5 Å². The molecule has 1 aliphatic carbocycles. The summed E-state index contributed by atoms with van der Waals surface area (Å²) in [5.41, 5.74) is 3.16. The van der Waals surface area contributed by atoms with Gasteiger partial charge in [0.1, 0.15) is 11.4 Å². The van der Waals surface area contributed by atoms with Gasteiger partial charge in [-0.1, -0.05) is 35.9 Å². The van der Waals surface area contributed by atoms with E-state index in [0.717, 1.165) is 43.6 Å². The van der Waals surface area contributed by atoms with Crippen LogP contribution in [-0.2, 0) is 5.60 Å². The zero-order valence-electron chi connectivity index (χ0n) is 15.9. The summed E-state index contributed by atoms with van der Waals surface area (Å²) >= 11 is 0. The van der Waals surface area contributed by atoms with Crippen LogP contribution in [0.25, 0.3) is 0 Å². The number of aliphatic hydroxyl groups is 2. The van der Waals surface area contributed by atoms with E-state index in [0.29, 0.717) is 18.3 Å². The standard InChI is InChI=1S/C23H28FNO2/c1-16-2-7-22-20(14-16)21(17-8-10-25(11-9-17)12-13-26)15-23(22,27)18-3-5-19(24)6-4-18/h2-7,14,17,21,26-27H,8-13,15H2,1H3. The average molecular weight is 369 g/mol. The highest BCUT2D eigenvalue weighted by molar-refractivity contribution is 5.49. The number of hydrogen-bond donors (Lipinski definition) is 2. The average Bonchev–Trinajstić information content (AvgIpc) is 2.96. The fraction of sp³-hybridized carbons (Fsp3) is 0.478. The molecular weight excluding hydrogens is 341 g/mol. The van der Waals surface area contributed by atoms with E-state index in [1.54, 1.807) is 12.1 Å². The number of aryl methyl sites for hydroxylation is 1. The summed E-state index contributed by atoms with van der Waals surface area (Å²) < 4.78 is 13.4. The maximum Gasteiger partial charge on any atom is 0.123 e. The maximum absolute atomic E-state index is 13.4. The minimum absolute atomic E-state index is 0.209. The van der Waals surface area contributed by atoms with Crippen molar-refractivity contribution >= 4 is 0 Å². The summed E-state index contributed by atoms with van der Waals surface area (Å²) in [6.07, 6.45) is 2.82. The third-order valence-electron chi connectivity index (χ3n) is 6.51. The van der Waals surface area contributed by atoms with Gasteiger partial charge in [-0.25, -0.2) is 4.39 Å². The van der Waals surface area contributed by atoms with E-state index in [4.69, 9.17) is 5.11 Å². The number of aliphatic hydroxyl groups excluding tert-OH is 1. The molecule has 1 fully saturated rings. The van der Waals surface area contributed by atoms with E-state index in [9.17, 15) is 9.50 Å². The Hall–Kier alpha value is -1.75. The zero-order valence-corrected chi connectivity index (χ0v) is 15.9. The number of hydrogen-bond acceptors (Lipinski definition) is 3. The molecule has 0 bridgehead atoms. The molecule has 0 saturated carbocycles. The number of halogens is 1. The van der Waals surface area contributed by atoms with Crippen molar-refractivity contribution < 1.29 is 14.6 Å². The van der Waals surface area contributed by atoms with Gasteiger partial charge >= 0.3 is 0 Å². The quantitative estimate of drug-likeness (QED) is 0.866. The van der Waals surface area contributed by atoms with Gasteiger partial charge in [0.2, 0.25) is 0 Å². The summed E-state index contributed by atoms with van der Waals surface area (Å²) in [7, 11) is 0. The molecule has 4 rings (SSSR count). The van der Waals surface area contributed by atoms with Crippen LogP contribution in [0.2, 0.25) is 0 Å². The molecule has 2 unspecified atom stereocenters. The van der Waals surface area contributed by atoms with E-state index >= 15 is 0 Å². The first-order chi connectivity index (χ1) is 13.0. The summed E-state index contributed by atoms with van der Waals surface area (Å²) in [5.74, 6) is 0.554. The Kier molecular flexibility index (Phi) is 5.06. The highest BCUT2D eigenvalue weighted by Gasteiger charge is 2.46. The SMILES string of the molecule is Cc1ccc2c(c1)C(C1CCN(CCO)CC1)CC2(O)c1ccc(F)cc1. The van der Waals surface area contributed by atoms with Crippen LogP contribution in [0, 0.1) is 18.7 Å². The molecule has 2 N–H and O–H groups in total. The van der Waals surface area contributed by atoms with Gasteiger partial charge in [0, 0.05) is 6.54 Å². The molecule has 2 aliphatic rings. The van der Waals surface area contributed by atoms with Crippen molar-refractivity contribution in [2.75, 3.05) is 26.2 Å². The van der Waals surface area contributed by atoms with Gasteiger partial charge in [-0.3, -0.25) is 0 Å². The predicted octanol–water partition coefficient (Wildman–Crippen LogP) is 3.56. The lowest BCUT2D eigenvalue weighted by Gasteiger charge is -2.35. The lowest BCUT2D eigenvalue weighted by Crippen LogP contribution is -2.37. The van der Waals surface area contributed by atoms with E-state index < -0.39 is 5.60 Å². The highest BCUT2D eigenvalue weighted by atomic mass is 19.1. The van der Waals surface area contributed by atoms with Crippen LogP contribution in [-0.4, -0.2) is 41.4 Å². The molecule has 2 atom stereocenters. The maximum atomic E-state index is 13.4. The molecule has 0 aromatic heterocycles. The molecule has 0 amide bonds. The normalized spacial score (nSPS) is 26.3. The van der Waals surface area contributed by atoms with Crippen molar-refractivity contribution in [3.8, 4) is 0 Å². The van der Waals surface area contributed by atoms with Crippen LogP contribution >= 0.6 is 0 Å². The van der Waals surface area contributed by atoms with E-state index in [-0.39, 0.29) is 12.4 Å². The van der Waals surface area contributed by atoms with Gasteiger partial charge in [0.05, 0.1) is 6.61 Å². The van der Waals surface area contributed by atoms with Crippen molar-refractivity contribution in [1.29, 1.82) is 0 Å². The Labute approximate surface area is 160 Å². The number of likely N-dealkylation sites (tertiary alicyclic amines) is 1. The van der Waals surface area contributed by atoms with Crippen LogP contribution in [0.15, 0.2) is 42.5 Å². The molecule has 0 radical (unpaired) electrons. The van der Waals surface area contributed by atoms with Crippen LogP contribution < -0.4 is 0 Å². The summed E-state index contributed by atoms with van der Waals surface area (Å²) in [4.78, 5) is 2.31. The molecule has 1 saturated heterocycles. The molecule has 2 aromatic carbocycles. The van der Waals surface area contributed by atoms with Gasteiger partial charge < -0.3 is 15.1 Å². The molecule has 2 aromatic rings. The molecule has 3 nitrogen and oxygen atoms in total. The lowest BCUT2D eigenvalue weighted by molar-refractivity contribution is 0.0640. The fourth-order valence-corrected chi connectivity index (χ4v) is 5.04. The second-order valence-electron chi connectivity index (χ2n) is 8.17. The minimum atomic E-state index is -1.05. The zero-order chi connectivity index (χ0) is 19.0. The summed E-state index contributed by atoms with van der Waals surface area (Å²) in [5, 5.41) is 20.8. The third-order valence-corrected chi connectivity index (χ3v) is 6.51. The number of benzene rings is 2. The Bertz CT molecular complexity index is 799. The first kappa shape index (κ1) is 18.6. The molecule has 4 heteroatoms. The van der Waals surface area contributed by atoms with Crippen LogP contribution in [0.4, 0.5) is 4.39 Å². The van der Waals surface area contributed by atoms with Gasteiger partial charge in [-0.15, -0.1) is 0 Å². The molecular formula is C23H28FNO2. The fourth-order valence-electron chi connectivity index (χ4n) is 5.04. The first-order valence-electron chi connectivity index (χ1n) is 9.94. The second-order valence-corrected chi connectivity index (χ2v) is 8.17. The van der Waals surface area contributed by atoms with Crippen molar-refractivity contribution in [3.63, 3.8) is 0 Å². The van der Waals surface area contributed by atoms with Crippen molar-refractivity contribution in [2.45, 2.75) is 37.7 Å². The number of fused-ring (bicyclic) bond motifs is 1. The smallest absolute Gasteiger partial charge is 0.123 e. The summed E-state index contributed by atoms with van der Waals surface area (Å²) in [6.45, 7) is 5.04. The number of β-amino-alcohol motifs (C(OH)–C–C–N with tert-alkyl or cyclic N) is 1. The van der Waals surface area contributed by atoms with Gasteiger partial charge in [0.15, 0.2) is 0 Å². The minimum Gasteiger partial charge on any atom is -0.395 e. The van der Waals surface area contributed by atoms with Gasteiger partial charge in [-0.2, -0.15) is 0 Å². The number of piperidine rings is 1. The Morgan fingerprint density at radius 1 is 1.11 bits per heavy atom. The van der Waals surface area contributed by atoms with E-state index in [2.05, 4.69) is 30.0 Å². The highest BCUT2D eigenvalue weighted by Crippen LogP contribution is 2.53. The van der Waals surface area contributed by atoms with Crippen LogP contribution in [0.1, 0.15) is 47.4 Å². The number of rotatable bonds is 4. The van der Waals surface area contributed by atoms with Gasteiger partial charge in [0.25, 0.3) is 0 Å². The monoisotopic (exact) mass is 369 g/mol. The molecule has 1 aliphatic heterocycles. The first-order valence-corrected chi connectivity index (χ1v) is 9.94. The molecule has 144 valence electrons. The van der Waals surface area contributed by atoms with Crippen molar-refractivity contribution in [2.24, 2.45) is 5.92 Å².